The number of sulfone groups is 1. The van der Waals surface area contributed by atoms with Crippen LogP contribution in [0.1, 0.15) is 33.2 Å². The molecule has 0 unspecified atom stereocenters. The number of aromatic nitrogens is 2. The van der Waals surface area contributed by atoms with Gasteiger partial charge in [0.15, 0.2) is 15.0 Å². The molecule has 0 bridgehead atoms. The zero-order valence-corrected chi connectivity index (χ0v) is 17.1. The van der Waals surface area contributed by atoms with Crippen LogP contribution in [0.4, 0.5) is 0 Å². The van der Waals surface area contributed by atoms with Crippen LogP contribution in [0.25, 0.3) is 10.9 Å². The number of rotatable bonds is 5. The van der Waals surface area contributed by atoms with E-state index in [2.05, 4.69) is 10.3 Å². The SMILES string of the molecule is CC(C)n1c(S[C@@H](C)C(=O)N[C@@H]2CCS(=O)(=O)C2)nc2ccccc2c1=O. The minimum absolute atomic E-state index is 0.0128. The van der Waals surface area contributed by atoms with Crippen LogP contribution >= 0.6 is 11.8 Å². The van der Waals surface area contributed by atoms with Gasteiger partial charge < -0.3 is 5.32 Å². The number of amides is 1. The van der Waals surface area contributed by atoms with Crippen LogP contribution in [-0.2, 0) is 14.6 Å². The van der Waals surface area contributed by atoms with Crippen molar-refractivity contribution in [2.24, 2.45) is 0 Å². The largest absolute Gasteiger partial charge is 0.351 e. The molecule has 2 heterocycles. The van der Waals surface area contributed by atoms with Crippen LogP contribution in [0, 0.1) is 0 Å². The van der Waals surface area contributed by atoms with E-state index in [-0.39, 0.29) is 35.1 Å². The Balaban J connectivity index is 1.84. The fourth-order valence-corrected chi connectivity index (χ4v) is 5.83. The maximum absolute atomic E-state index is 12.8. The number of carbonyl (C=O) groups is 1. The molecular formula is C18H23N3O4S2. The lowest BCUT2D eigenvalue weighted by molar-refractivity contribution is -0.120. The molecule has 1 aliphatic rings. The first kappa shape index (κ1) is 19.9. The third-order valence-corrected chi connectivity index (χ3v) is 7.36. The molecule has 1 aromatic carbocycles. The van der Waals surface area contributed by atoms with Crippen molar-refractivity contribution < 1.29 is 13.2 Å². The van der Waals surface area contributed by atoms with Crippen LogP contribution in [0.3, 0.4) is 0 Å². The summed E-state index contributed by atoms with van der Waals surface area (Å²) in [5, 5.41) is 3.32. The second-order valence-electron chi connectivity index (χ2n) is 7.05. The van der Waals surface area contributed by atoms with Crippen LogP contribution < -0.4 is 10.9 Å². The number of thioether (sulfide) groups is 1. The second kappa shape index (κ2) is 7.63. The number of para-hydroxylation sites is 1. The number of hydrogen-bond donors (Lipinski definition) is 1. The molecule has 0 saturated carbocycles. The first-order chi connectivity index (χ1) is 12.7. The number of nitrogens with one attached hydrogen (secondary N) is 1. The van der Waals surface area contributed by atoms with Crippen molar-refractivity contribution in [1.29, 1.82) is 0 Å². The maximum atomic E-state index is 12.8. The van der Waals surface area contributed by atoms with Gasteiger partial charge in [-0.3, -0.25) is 14.2 Å². The van der Waals surface area contributed by atoms with Gasteiger partial charge in [-0.2, -0.15) is 0 Å². The number of hydrogen-bond acceptors (Lipinski definition) is 6. The molecule has 0 spiro atoms. The smallest absolute Gasteiger partial charge is 0.262 e. The molecular weight excluding hydrogens is 386 g/mol. The van der Waals surface area contributed by atoms with Crippen molar-refractivity contribution in [2.45, 2.75) is 49.7 Å². The Hall–Kier alpha value is -1.87. The lowest BCUT2D eigenvalue weighted by Crippen LogP contribution is -2.40. The van der Waals surface area contributed by atoms with Gasteiger partial charge in [0, 0.05) is 12.1 Å². The van der Waals surface area contributed by atoms with Gasteiger partial charge in [-0.15, -0.1) is 0 Å². The number of carbonyl (C=O) groups excluding carboxylic acids is 1. The Bertz CT molecular complexity index is 1030. The van der Waals surface area contributed by atoms with Gasteiger partial charge in [0.05, 0.1) is 27.7 Å². The van der Waals surface area contributed by atoms with E-state index < -0.39 is 15.1 Å². The molecule has 3 rings (SSSR count). The molecule has 1 aromatic heterocycles. The summed E-state index contributed by atoms with van der Waals surface area (Å²) in [6, 6.07) is 6.69. The first-order valence-electron chi connectivity index (χ1n) is 8.86. The Morgan fingerprint density at radius 3 is 2.63 bits per heavy atom. The summed E-state index contributed by atoms with van der Waals surface area (Å²) >= 11 is 1.21. The fraction of sp³-hybridized carbons (Fsp3) is 0.500. The van der Waals surface area contributed by atoms with Crippen LogP contribution in [0.2, 0.25) is 0 Å². The van der Waals surface area contributed by atoms with E-state index in [1.807, 2.05) is 19.9 Å². The molecule has 2 atom stereocenters. The van der Waals surface area contributed by atoms with Gasteiger partial charge >= 0.3 is 0 Å². The lowest BCUT2D eigenvalue weighted by Gasteiger charge is -2.19. The predicted molar refractivity (Wildman–Crippen MR) is 107 cm³/mol. The average molecular weight is 410 g/mol. The summed E-state index contributed by atoms with van der Waals surface area (Å²) in [7, 11) is -3.05. The summed E-state index contributed by atoms with van der Waals surface area (Å²) in [5.74, 6) is -0.153. The monoisotopic (exact) mass is 409 g/mol. The van der Waals surface area contributed by atoms with E-state index in [1.54, 1.807) is 29.7 Å². The van der Waals surface area contributed by atoms with E-state index in [0.717, 1.165) is 0 Å². The highest BCUT2D eigenvalue weighted by Crippen LogP contribution is 2.25. The number of fused-ring (bicyclic) bond motifs is 1. The van der Waals surface area contributed by atoms with E-state index in [0.29, 0.717) is 22.5 Å². The number of nitrogens with zero attached hydrogens (tertiary/aromatic N) is 2. The van der Waals surface area contributed by atoms with Crippen LogP contribution in [0.15, 0.2) is 34.2 Å². The van der Waals surface area contributed by atoms with Crippen molar-refractivity contribution in [1.82, 2.24) is 14.9 Å². The van der Waals surface area contributed by atoms with Crippen molar-refractivity contribution in [3.05, 3.63) is 34.6 Å². The van der Waals surface area contributed by atoms with Gasteiger partial charge in [-0.05, 0) is 39.3 Å². The quantitative estimate of drug-likeness (QED) is 0.597. The molecule has 7 nitrogen and oxygen atoms in total. The van der Waals surface area contributed by atoms with E-state index in [4.69, 9.17) is 0 Å². The minimum atomic E-state index is -3.05. The molecule has 1 amide bonds. The summed E-state index contributed by atoms with van der Waals surface area (Å²) in [5.41, 5.74) is 0.462. The highest BCUT2D eigenvalue weighted by molar-refractivity contribution is 8.00. The normalized spacial score (nSPS) is 20.1. The minimum Gasteiger partial charge on any atom is -0.351 e. The van der Waals surface area contributed by atoms with E-state index >= 15 is 0 Å². The van der Waals surface area contributed by atoms with Crippen LogP contribution in [-0.4, -0.2) is 46.7 Å². The highest BCUT2D eigenvalue weighted by atomic mass is 32.2. The predicted octanol–water partition coefficient (Wildman–Crippen LogP) is 1.76. The molecule has 1 aliphatic heterocycles. The third-order valence-electron chi connectivity index (χ3n) is 4.52. The van der Waals surface area contributed by atoms with E-state index in [1.165, 1.54) is 11.8 Å². The molecule has 0 radical (unpaired) electrons. The molecule has 1 fully saturated rings. The average Bonchev–Trinajstić information content (AvgIpc) is 2.93. The highest BCUT2D eigenvalue weighted by Gasteiger charge is 2.30. The van der Waals surface area contributed by atoms with Gasteiger partial charge in [0.25, 0.3) is 5.56 Å². The van der Waals surface area contributed by atoms with Crippen molar-refractivity contribution in [3.8, 4) is 0 Å². The van der Waals surface area contributed by atoms with Crippen molar-refractivity contribution >= 4 is 38.4 Å². The topological polar surface area (TPSA) is 98.1 Å². The molecule has 146 valence electrons. The Morgan fingerprint density at radius 2 is 2.00 bits per heavy atom. The van der Waals surface area contributed by atoms with Crippen LogP contribution in [0.5, 0.6) is 0 Å². The first-order valence-corrected chi connectivity index (χ1v) is 11.6. The summed E-state index contributed by atoms with van der Waals surface area (Å²) in [6.07, 6.45) is 0.441. The fourth-order valence-electron chi connectivity index (χ4n) is 3.10. The molecule has 2 aromatic rings. The molecule has 0 aliphatic carbocycles. The van der Waals surface area contributed by atoms with Gasteiger partial charge in [0.1, 0.15) is 0 Å². The zero-order valence-electron chi connectivity index (χ0n) is 15.5. The van der Waals surface area contributed by atoms with Crippen molar-refractivity contribution in [2.75, 3.05) is 11.5 Å². The maximum Gasteiger partial charge on any atom is 0.262 e. The molecule has 1 saturated heterocycles. The zero-order chi connectivity index (χ0) is 19.8. The van der Waals surface area contributed by atoms with Gasteiger partial charge in [0.2, 0.25) is 5.91 Å². The standard InChI is InChI=1S/C18H23N3O4S2/c1-11(2)21-17(23)14-6-4-5-7-15(14)20-18(21)26-12(3)16(22)19-13-8-9-27(24,25)10-13/h4-7,11-13H,8-10H2,1-3H3,(H,19,22)/t12-,13+/m0/s1. The van der Waals surface area contributed by atoms with Gasteiger partial charge in [-0.25, -0.2) is 13.4 Å². The Labute approximate surface area is 162 Å². The second-order valence-corrected chi connectivity index (χ2v) is 10.6. The summed E-state index contributed by atoms with van der Waals surface area (Å²) in [6.45, 7) is 5.53. The molecule has 27 heavy (non-hydrogen) atoms. The molecule has 1 N–H and O–H groups in total. The number of benzene rings is 1. The van der Waals surface area contributed by atoms with Crippen molar-refractivity contribution in [3.63, 3.8) is 0 Å². The Morgan fingerprint density at radius 1 is 1.30 bits per heavy atom. The lowest BCUT2D eigenvalue weighted by atomic mass is 10.2. The summed E-state index contributed by atoms with van der Waals surface area (Å²) in [4.78, 5) is 29.9. The third kappa shape index (κ3) is 4.35. The van der Waals surface area contributed by atoms with E-state index in [9.17, 15) is 18.0 Å². The summed E-state index contributed by atoms with van der Waals surface area (Å²) < 4.78 is 24.7. The van der Waals surface area contributed by atoms with Gasteiger partial charge in [-0.1, -0.05) is 23.9 Å². The Kier molecular flexibility index (Phi) is 5.62. The molecule has 9 heteroatoms.